The zero-order valence-electron chi connectivity index (χ0n) is 13.1. The summed E-state index contributed by atoms with van der Waals surface area (Å²) >= 11 is 13.4. The SMILES string of the molecule is Cc1cc(C)c2nc(NC(=O)/C=C/c3ccc(Cl)cc3Cl)sc2c1. The lowest BCUT2D eigenvalue weighted by molar-refractivity contribution is -0.111. The Morgan fingerprint density at radius 3 is 2.75 bits per heavy atom. The lowest BCUT2D eigenvalue weighted by Gasteiger charge is -1.99. The van der Waals surface area contributed by atoms with Gasteiger partial charge in [-0.1, -0.05) is 46.7 Å². The van der Waals surface area contributed by atoms with Gasteiger partial charge in [0.15, 0.2) is 5.13 Å². The number of carbonyl (C=O) groups excluding carboxylic acids is 1. The predicted octanol–water partition coefficient (Wildman–Crippen LogP) is 5.87. The predicted molar refractivity (Wildman–Crippen MR) is 103 cm³/mol. The van der Waals surface area contributed by atoms with Crippen molar-refractivity contribution < 1.29 is 4.79 Å². The van der Waals surface area contributed by atoms with Gasteiger partial charge >= 0.3 is 0 Å². The van der Waals surface area contributed by atoms with Crippen molar-refractivity contribution in [2.24, 2.45) is 0 Å². The maximum absolute atomic E-state index is 12.1. The third-order valence-corrected chi connectivity index (χ3v) is 4.92. The number of nitrogens with zero attached hydrogens (tertiary/aromatic N) is 1. The first kappa shape index (κ1) is 17.0. The molecule has 0 fully saturated rings. The Labute approximate surface area is 153 Å². The van der Waals surface area contributed by atoms with Gasteiger partial charge in [-0.15, -0.1) is 0 Å². The van der Waals surface area contributed by atoms with Crippen molar-refractivity contribution in [1.82, 2.24) is 4.98 Å². The molecule has 1 heterocycles. The second kappa shape index (κ2) is 6.93. The molecule has 3 rings (SSSR count). The first-order valence-electron chi connectivity index (χ1n) is 7.24. The van der Waals surface area contributed by atoms with Crippen molar-refractivity contribution >= 4 is 61.9 Å². The summed E-state index contributed by atoms with van der Waals surface area (Å²) in [7, 11) is 0. The number of nitrogens with one attached hydrogen (secondary N) is 1. The summed E-state index contributed by atoms with van der Waals surface area (Å²) in [5.74, 6) is -0.255. The molecule has 3 aromatic rings. The number of thiazole rings is 1. The molecule has 0 saturated heterocycles. The van der Waals surface area contributed by atoms with Gasteiger partial charge in [-0.2, -0.15) is 0 Å². The molecule has 24 heavy (non-hydrogen) atoms. The lowest BCUT2D eigenvalue weighted by Crippen LogP contribution is -2.07. The van der Waals surface area contributed by atoms with Crippen LogP contribution in [0.2, 0.25) is 10.0 Å². The van der Waals surface area contributed by atoms with Crippen molar-refractivity contribution in [3.05, 3.63) is 63.1 Å². The number of carbonyl (C=O) groups is 1. The van der Waals surface area contributed by atoms with Crippen LogP contribution in [0.5, 0.6) is 0 Å². The smallest absolute Gasteiger partial charge is 0.250 e. The van der Waals surface area contributed by atoms with Gasteiger partial charge in [0.05, 0.1) is 10.2 Å². The molecule has 0 aliphatic carbocycles. The first-order chi connectivity index (χ1) is 11.4. The average molecular weight is 377 g/mol. The topological polar surface area (TPSA) is 42.0 Å². The lowest BCUT2D eigenvalue weighted by atomic mass is 10.1. The molecule has 0 spiro atoms. The monoisotopic (exact) mass is 376 g/mol. The molecule has 0 bridgehead atoms. The number of aryl methyl sites for hydroxylation is 2. The Kier molecular flexibility index (Phi) is 4.90. The molecule has 6 heteroatoms. The van der Waals surface area contributed by atoms with Gasteiger partial charge in [0.1, 0.15) is 0 Å². The molecule has 0 aliphatic rings. The molecule has 0 unspecified atom stereocenters. The fraction of sp³-hybridized carbons (Fsp3) is 0.111. The number of hydrogen-bond acceptors (Lipinski definition) is 3. The minimum Gasteiger partial charge on any atom is -0.298 e. The van der Waals surface area contributed by atoms with Crippen molar-refractivity contribution in [1.29, 1.82) is 0 Å². The van der Waals surface area contributed by atoms with Gasteiger partial charge in [-0.05, 0) is 54.8 Å². The van der Waals surface area contributed by atoms with Gasteiger partial charge in [-0.3, -0.25) is 10.1 Å². The van der Waals surface area contributed by atoms with Gasteiger partial charge < -0.3 is 0 Å². The van der Waals surface area contributed by atoms with E-state index in [1.54, 1.807) is 24.3 Å². The number of rotatable bonds is 3. The van der Waals surface area contributed by atoms with E-state index in [2.05, 4.69) is 22.4 Å². The summed E-state index contributed by atoms with van der Waals surface area (Å²) < 4.78 is 1.06. The molecule has 1 N–H and O–H groups in total. The number of anilines is 1. The second-order valence-electron chi connectivity index (χ2n) is 5.44. The second-order valence-corrected chi connectivity index (χ2v) is 7.31. The summed E-state index contributed by atoms with van der Waals surface area (Å²) in [6, 6.07) is 9.27. The fourth-order valence-electron chi connectivity index (χ4n) is 2.37. The van der Waals surface area contributed by atoms with E-state index in [-0.39, 0.29) is 5.91 Å². The summed E-state index contributed by atoms with van der Waals surface area (Å²) in [5.41, 5.74) is 3.93. The quantitative estimate of drug-likeness (QED) is 0.580. The Balaban J connectivity index is 1.77. The highest BCUT2D eigenvalue weighted by molar-refractivity contribution is 7.22. The van der Waals surface area contributed by atoms with E-state index in [4.69, 9.17) is 23.2 Å². The van der Waals surface area contributed by atoms with Crippen molar-refractivity contribution in [3.8, 4) is 0 Å². The van der Waals surface area contributed by atoms with E-state index in [0.29, 0.717) is 15.2 Å². The van der Waals surface area contributed by atoms with E-state index in [1.807, 2.05) is 13.8 Å². The Bertz CT molecular complexity index is 963. The van der Waals surface area contributed by atoms with Gasteiger partial charge in [-0.25, -0.2) is 4.98 Å². The Morgan fingerprint density at radius 1 is 1.21 bits per heavy atom. The molecule has 0 aliphatic heterocycles. The number of halogens is 2. The van der Waals surface area contributed by atoms with Crippen LogP contribution in [0.15, 0.2) is 36.4 Å². The molecular weight excluding hydrogens is 363 g/mol. The van der Waals surface area contributed by atoms with Crippen LogP contribution in [0.4, 0.5) is 5.13 Å². The largest absolute Gasteiger partial charge is 0.298 e. The summed E-state index contributed by atoms with van der Waals surface area (Å²) in [5, 5.41) is 4.43. The minimum atomic E-state index is -0.255. The van der Waals surface area contributed by atoms with E-state index in [0.717, 1.165) is 21.3 Å². The van der Waals surface area contributed by atoms with Crippen LogP contribution in [0.1, 0.15) is 16.7 Å². The third-order valence-electron chi connectivity index (χ3n) is 3.44. The number of benzene rings is 2. The zero-order valence-corrected chi connectivity index (χ0v) is 15.4. The molecule has 0 saturated carbocycles. The van der Waals surface area contributed by atoms with Crippen molar-refractivity contribution in [3.63, 3.8) is 0 Å². The van der Waals surface area contributed by atoms with Gasteiger partial charge in [0.2, 0.25) is 5.91 Å². The number of amides is 1. The van der Waals surface area contributed by atoms with Crippen LogP contribution in [-0.4, -0.2) is 10.9 Å². The highest BCUT2D eigenvalue weighted by Crippen LogP contribution is 2.29. The summed E-state index contributed by atoms with van der Waals surface area (Å²) in [6.45, 7) is 4.06. The molecule has 3 nitrogen and oxygen atoms in total. The van der Waals surface area contributed by atoms with Crippen LogP contribution < -0.4 is 5.32 Å². The number of aromatic nitrogens is 1. The van der Waals surface area contributed by atoms with E-state index in [9.17, 15) is 4.79 Å². The summed E-state index contributed by atoms with van der Waals surface area (Å²) in [4.78, 5) is 16.6. The maximum atomic E-state index is 12.1. The highest BCUT2D eigenvalue weighted by atomic mass is 35.5. The number of fused-ring (bicyclic) bond motifs is 1. The summed E-state index contributed by atoms with van der Waals surface area (Å²) in [6.07, 6.45) is 3.08. The standard InChI is InChI=1S/C18H14Cl2N2OS/c1-10-7-11(2)17-15(8-10)24-18(22-17)21-16(23)6-4-12-3-5-13(19)9-14(12)20/h3-9H,1-2H3,(H,21,22,23)/b6-4+. The van der Waals surface area contributed by atoms with E-state index in [1.165, 1.54) is 23.0 Å². The first-order valence-corrected chi connectivity index (χ1v) is 8.81. The Hall–Kier alpha value is -1.88. The van der Waals surface area contributed by atoms with E-state index < -0.39 is 0 Å². The molecule has 122 valence electrons. The number of hydrogen-bond donors (Lipinski definition) is 1. The average Bonchev–Trinajstić information content (AvgIpc) is 2.89. The van der Waals surface area contributed by atoms with Gasteiger partial charge in [0, 0.05) is 16.1 Å². The van der Waals surface area contributed by atoms with E-state index >= 15 is 0 Å². The van der Waals surface area contributed by atoms with Gasteiger partial charge in [0.25, 0.3) is 0 Å². The van der Waals surface area contributed by atoms with Crippen LogP contribution in [0.25, 0.3) is 16.3 Å². The normalized spacial score (nSPS) is 11.3. The zero-order chi connectivity index (χ0) is 17.3. The van der Waals surface area contributed by atoms with Crippen LogP contribution in [-0.2, 0) is 4.79 Å². The van der Waals surface area contributed by atoms with Crippen LogP contribution in [0, 0.1) is 13.8 Å². The van der Waals surface area contributed by atoms with Crippen molar-refractivity contribution in [2.45, 2.75) is 13.8 Å². The molecule has 0 radical (unpaired) electrons. The maximum Gasteiger partial charge on any atom is 0.250 e. The minimum absolute atomic E-state index is 0.255. The fourth-order valence-corrected chi connectivity index (χ4v) is 3.89. The molecule has 1 aromatic heterocycles. The molecule has 0 atom stereocenters. The molecule has 1 amide bonds. The highest BCUT2D eigenvalue weighted by Gasteiger charge is 2.08. The molecule has 2 aromatic carbocycles. The Morgan fingerprint density at radius 2 is 2.00 bits per heavy atom. The van der Waals surface area contributed by atoms with Crippen LogP contribution in [0.3, 0.4) is 0 Å². The molecular formula is C18H14Cl2N2OS. The van der Waals surface area contributed by atoms with Crippen LogP contribution >= 0.6 is 34.5 Å². The third kappa shape index (κ3) is 3.78. The van der Waals surface area contributed by atoms with Crippen molar-refractivity contribution in [2.75, 3.05) is 5.32 Å².